The van der Waals surface area contributed by atoms with Gasteiger partial charge in [-0.3, -0.25) is 0 Å². The minimum atomic E-state index is 0.962. The van der Waals surface area contributed by atoms with Crippen molar-refractivity contribution >= 4 is 43.9 Å². The molecule has 2 aliphatic heterocycles. The predicted molar refractivity (Wildman–Crippen MR) is 163 cm³/mol. The van der Waals surface area contributed by atoms with E-state index in [9.17, 15) is 0 Å². The first-order valence-corrected chi connectivity index (χ1v) is 15.3. The van der Waals surface area contributed by atoms with Crippen LogP contribution in [0.3, 0.4) is 0 Å². The Balaban J connectivity index is 1.33. The topological polar surface area (TPSA) is 26.3 Å². The second-order valence-electron chi connectivity index (χ2n) is 11.5. The van der Waals surface area contributed by atoms with Crippen molar-refractivity contribution < 1.29 is 8.83 Å². The lowest BCUT2D eigenvalue weighted by Crippen LogP contribution is -1.97. The monoisotopic (exact) mass is 506 g/mol. The van der Waals surface area contributed by atoms with Crippen LogP contribution in [0.25, 0.3) is 55.0 Å². The normalized spacial score (nSPS) is 12.4. The van der Waals surface area contributed by atoms with Gasteiger partial charge in [-0.15, -0.1) is 0 Å². The van der Waals surface area contributed by atoms with Crippen LogP contribution in [-0.2, 0) is 12.8 Å². The minimum Gasteiger partial charge on any atom is -0.456 e. The minimum absolute atomic E-state index is 0.962. The smallest absolute Gasteiger partial charge is 0.136 e. The van der Waals surface area contributed by atoms with Gasteiger partial charge in [-0.05, 0) is 71.8 Å². The molecule has 4 aromatic rings. The highest BCUT2D eigenvalue weighted by Crippen LogP contribution is 2.48. The van der Waals surface area contributed by atoms with E-state index in [2.05, 4.69) is 62.4 Å². The largest absolute Gasteiger partial charge is 0.456 e. The Kier molecular flexibility index (Phi) is 7.58. The Morgan fingerprint density at radius 1 is 0.447 bits per heavy atom. The summed E-state index contributed by atoms with van der Waals surface area (Å²) >= 11 is 0. The number of aryl methyl sites for hydroxylation is 2. The number of hydrogen-bond acceptors (Lipinski definition) is 2. The molecule has 0 aliphatic carbocycles. The van der Waals surface area contributed by atoms with Crippen LogP contribution >= 0.6 is 0 Å². The predicted octanol–water partition coefficient (Wildman–Crippen LogP) is 11.8. The third-order valence-electron chi connectivity index (χ3n) is 8.53. The Hall–Kier alpha value is -3.00. The number of benzene rings is 4. The summed E-state index contributed by atoms with van der Waals surface area (Å²) in [7, 11) is 0. The summed E-state index contributed by atoms with van der Waals surface area (Å²) in [6.07, 6.45) is 18.1. The molecule has 2 nitrogen and oxygen atoms in total. The fourth-order valence-electron chi connectivity index (χ4n) is 6.51. The van der Waals surface area contributed by atoms with E-state index in [0.29, 0.717) is 0 Å². The van der Waals surface area contributed by atoms with Crippen molar-refractivity contribution in [2.45, 2.75) is 104 Å². The van der Waals surface area contributed by atoms with E-state index in [0.717, 1.165) is 35.2 Å². The fourth-order valence-corrected chi connectivity index (χ4v) is 6.51. The second-order valence-corrected chi connectivity index (χ2v) is 11.5. The maximum absolute atomic E-state index is 6.63. The summed E-state index contributed by atoms with van der Waals surface area (Å²) in [4.78, 5) is 0. The van der Waals surface area contributed by atoms with Gasteiger partial charge >= 0.3 is 0 Å². The van der Waals surface area contributed by atoms with E-state index in [-0.39, 0.29) is 0 Å². The van der Waals surface area contributed by atoms with Crippen molar-refractivity contribution in [1.82, 2.24) is 0 Å². The van der Waals surface area contributed by atoms with Crippen LogP contribution in [0.2, 0.25) is 0 Å². The third kappa shape index (κ3) is 4.91. The van der Waals surface area contributed by atoms with Crippen molar-refractivity contribution in [3.63, 3.8) is 0 Å². The Labute approximate surface area is 227 Å². The summed E-state index contributed by atoms with van der Waals surface area (Å²) < 4.78 is 13.3. The Bertz CT molecular complexity index is 1480. The fraction of sp³-hybridized carbons (Fsp3) is 0.444. The van der Waals surface area contributed by atoms with Crippen LogP contribution in [-0.4, -0.2) is 0 Å². The van der Waals surface area contributed by atoms with Gasteiger partial charge in [-0.1, -0.05) is 102 Å². The van der Waals surface area contributed by atoms with Crippen LogP contribution < -0.4 is 0 Å². The van der Waals surface area contributed by atoms with E-state index in [1.54, 1.807) is 0 Å². The first-order valence-electron chi connectivity index (χ1n) is 15.3. The zero-order valence-corrected chi connectivity index (χ0v) is 23.3. The average Bonchev–Trinajstić information content (AvgIpc) is 2.93. The molecule has 198 valence electrons. The molecule has 0 atom stereocenters. The van der Waals surface area contributed by atoms with E-state index < -0.39 is 0 Å². The van der Waals surface area contributed by atoms with E-state index in [1.165, 1.54) is 121 Å². The average molecular weight is 507 g/mol. The zero-order valence-electron chi connectivity index (χ0n) is 23.3. The van der Waals surface area contributed by atoms with Gasteiger partial charge < -0.3 is 8.83 Å². The summed E-state index contributed by atoms with van der Waals surface area (Å²) in [5, 5.41) is 4.93. The number of rotatable bonds is 14. The van der Waals surface area contributed by atoms with E-state index >= 15 is 0 Å². The van der Waals surface area contributed by atoms with Gasteiger partial charge in [0.05, 0.1) is 0 Å². The number of unbranched alkanes of at least 4 members (excludes halogenated alkanes) is 10. The maximum atomic E-state index is 6.63. The lowest BCUT2D eigenvalue weighted by molar-refractivity contribution is 0.607. The molecule has 0 N–H and O–H groups in total. The Morgan fingerprint density at radius 3 is 1.32 bits per heavy atom. The van der Waals surface area contributed by atoms with E-state index in [4.69, 9.17) is 8.83 Å². The highest BCUT2D eigenvalue weighted by atomic mass is 16.3. The molecule has 0 bridgehead atoms. The van der Waals surface area contributed by atoms with E-state index in [1.807, 2.05) is 0 Å². The van der Waals surface area contributed by atoms with Gasteiger partial charge in [0.2, 0.25) is 0 Å². The van der Waals surface area contributed by atoms with Crippen molar-refractivity contribution in [3.8, 4) is 11.1 Å². The molecule has 6 rings (SSSR count). The van der Waals surface area contributed by atoms with Gasteiger partial charge in [0.25, 0.3) is 0 Å². The summed E-state index contributed by atoms with van der Waals surface area (Å²) in [5.41, 5.74) is 9.08. The highest BCUT2D eigenvalue weighted by molar-refractivity contribution is 6.23. The molecule has 0 aromatic heterocycles. The highest BCUT2D eigenvalue weighted by Gasteiger charge is 2.24. The molecule has 2 heteroatoms. The molecular formula is C36H42O2. The van der Waals surface area contributed by atoms with Crippen molar-refractivity contribution in [2.75, 3.05) is 0 Å². The first kappa shape index (κ1) is 25.3. The SMILES string of the molecule is CCCCCCCCc1cc2ccc3oc4cc(CCCCCCCC)cc5ccc6oc(c1)c2c3-c6c54. The lowest BCUT2D eigenvalue weighted by Gasteiger charge is -2.20. The molecule has 0 saturated carbocycles. The van der Waals surface area contributed by atoms with Crippen molar-refractivity contribution in [2.24, 2.45) is 0 Å². The molecule has 2 heterocycles. The maximum Gasteiger partial charge on any atom is 0.136 e. The van der Waals surface area contributed by atoms with Gasteiger partial charge in [0.15, 0.2) is 0 Å². The van der Waals surface area contributed by atoms with Crippen molar-refractivity contribution in [3.05, 3.63) is 59.7 Å². The molecule has 2 aliphatic rings. The standard InChI is InChI=1S/C36H42O2/c1-3-5-7-9-11-13-15-25-21-27-17-19-30-35-33(27)31(23-25)37-29-20-18-28-22-26(16-14-12-10-8-6-4-2)24-32(38-30)34(28)36(29)35/h17-24H,3-16H2,1-2H3. The summed E-state index contributed by atoms with van der Waals surface area (Å²) in [5.74, 6) is 0. The van der Waals surface area contributed by atoms with Gasteiger partial charge in [-0.25, -0.2) is 0 Å². The molecular weight excluding hydrogens is 464 g/mol. The number of hydrogen-bond donors (Lipinski definition) is 0. The van der Waals surface area contributed by atoms with Crippen LogP contribution in [0.5, 0.6) is 0 Å². The van der Waals surface area contributed by atoms with Crippen molar-refractivity contribution in [1.29, 1.82) is 0 Å². The third-order valence-corrected chi connectivity index (χ3v) is 8.53. The molecule has 0 spiro atoms. The second kappa shape index (κ2) is 11.4. The first-order chi connectivity index (χ1) is 18.8. The Morgan fingerprint density at radius 2 is 0.868 bits per heavy atom. The molecule has 38 heavy (non-hydrogen) atoms. The van der Waals surface area contributed by atoms with Crippen LogP contribution in [0.15, 0.2) is 57.4 Å². The van der Waals surface area contributed by atoms with Gasteiger partial charge in [0.1, 0.15) is 22.3 Å². The molecule has 0 amide bonds. The quantitative estimate of drug-likeness (QED) is 0.0834. The van der Waals surface area contributed by atoms with Gasteiger partial charge in [0, 0.05) is 21.9 Å². The zero-order chi connectivity index (χ0) is 25.9. The molecule has 0 unspecified atom stereocenters. The van der Waals surface area contributed by atoms with Crippen LogP contribution in [0, 0.1) is 0 Å². The lowest BCUT2D eigenvalue weighted by atomic mass is 9.88. The summed E-state index contributed by atoms with van der Waals surface area (Å²) in [6, 6.07) is 18.1. The van der Waals surface area contributed by atoms with Crippen LogP contribution in [0.1, 0.15) is 102 Å². The molecule has 0 radical (unpaired) electrons. The van der Waals surface area contributed by atoms with Crippen LogP contribution in [0.4, 0.5) is 0 Å². The molecule has 0 fully saturated rings. The molecule has 0 saturated heterocycles. The molecule has 4 aromatic carbocycles. The summed E-state index contributed by atoms with van der Waals surface area (Å²) in [6.45, 7) is 4.56. The van der Waals surface area contributed by atoms with Gasteiger partial charge in [-0.2, -0.15) is 0 Å².